The molecule has 1 aliphatic carbocycles. The van der Waals surface area contributed by atoms with E-state index in [1.165, 1.54) is 24.8 Å². The summed E-state index contributed by atoms with van der Waals surface area (Å²) in [7, 11) is 1.78. The highest BCUT2D eigenvalue weighted by molar-refractivity contribution is 6.30. The molecule has 166 valence electrons. The van der Waals surface area contributed by atoms with Gasteiger partial charge in [0.2, 0.25) is 0 Å². The first-order chi connectivity index (χ1) is 15.5. The molecule has 0 spiro atoms. The monoisotopic (exact) mass is 467 g/mol. The third kappa shape index (κ3) is 5.43. The minimum absolute atomic E-state index is 0.145. The first kappa shape index (κ1) is 22.6. The van der Waals surface area contributed by atoms with Crippen molar-refractivity contribution >= 4 is 34.8 Å². The van der Waals surface area contributed by atoms with Gasteiger partial charge < -0.3 is 10.2 Å². The molecule has 32 heavy (non-hydrogen) atoms. The minimum Gasteiger partial charge on any atom is -0.386 e. The zero-order valence-electron chi connectivity index (χ0n) is 18.2. The van der Waals surface area contributed by atoms with Crippen molar-refractivity contribution in [1.82, 2.24) is 9.88 Å². The summed E-state index contributed by atoms with van der Waals surface area (Å²) in [6.45, 7) is 1.07. The molecular formula is C26H27Cl2N3O. The molecule has 0 saturated heterocycles. The van der Waals surface area contributed by atoms with E-state index in [1.807, 2.05) is 29.2 Å². The number of anilines is 1. The van der Waals surface area contributed by atoms with Gasteiger partial charge in [0.05, 0.1) is 5.69 Å². The fourth-order valence-electron chi connectivity index (χ4n) is 3.97. The van der Waals surface area contributed by atoms with Gasteiger partial charge in [0.1, 0.15) is 5.15 Å². The molecule has 0 radical (unpaired) electrons. The number of amides is 1. The Hall–Kier alpha value is -2.56. The van der Waals surface area contributed by atoms with E-state index in [-0.39, 0.29) is 5.91 Å². The number of hydrogen-bond donors (Lipinski definition) is 1. The predicted molar refractivity (Wildman–Crippen MR) is 132 cm³/mol. The van der Waals surface area contributed by atoms with Crippen LogP contribution in [0.4, 0.5) is 5.69 Å². The molecule has 1 fully saturated rings. The Kier molecular flexibility index (Phi) is 7.33. The van der Waals surface area contributed by atoms with Gasteiger partial charge in [-0.2, -0.15) is 0 Å². The van der Waals surface area contributed by atoms with E-state index in [1.54, 1.807) is 19.2 Å². The summed E-state index contributed by atoms with van der Waals surface area (Å²) in [6, 6.07) is 19.9. The molecule has 0 bridgehead atoms. The molecule has 4 nitrogen and oxygen atoms in total. The number of aromatic nitrogens is 1. The second kappa shape index (κ2) is 10.4. The number of rotatable bonds is 8. The number of carbonyl (C=O) groups excluding carboxylic acids is 1. The minimum atomic E-state index is -0.145. The molecule has 1 saturated carbocycles. The summed E-state index contributed by atoms with van der Waals surface area (Å²) in [5, 5.41) is 4.06. The average molecular weight is 468 g/mol. The molecule has 2 aromatic carbocycles. The summed E-state index contributed by atoms with van der Waals surface area (Å²) in [5.41, 5.74) is 4.62. The smallest absolute Gasteiger partial charge is 0.274 e. The molecule has 1 aliphatic rings. The van der Waals surface area contributed by atoms with Gasteiger partial charge in [0, 0.05) is 25.2 Å². The Morgan fingerprint density at radius 3 is 2.31 bits per heavy atom. The van der Waals surface area contributed by atoms with Crippen molar-refractivity contribution in [3.05, 3.63) is 93.2 Å². The second-order valence-corrected chi connectivity index (χ2v) is 9.08. The molecule has 0 unspecified atom stereocenters. The zero-order chi connectivity index (χ0) is 22.5. The van der Waals surface area contributed by atoms with E-state index in [2.05, 4.69) is 34.6 Å². The quantitative estimate of drug-likeness (QED) is 0.380. The van der Waals surface area contributed by atoms with Crippen molar-refractivity contribution in [3.63, 3.8) is 0 Å². The van der Waals surface area contributed by atoms with Crippen molar-refractivity contribution in [2.45, 2.75) is 38.1 Å². The third-order valence-corrected chi connectivity index (χ3v) is 6.60. The molecule has 1 amide bonds. The number of pyridine rings is 1. The first-order valence-electron chi connectivity index (χ1n) is 11.0. The Balaban J connectivity index is 1.56. The molecule has 6 heteroatoms. The topological polar surface area (TPSA) is 45.2 Å². The van der Waals surface area contributed by atoms with Crippen LogP contribution in [0.15, 0.2) is 60.7 Å². The molecule has 0 atom stereocenters. The Morgan fingerprint density at radius 2 is 1.69 bits per heavy atom. The van der Waals surface area contributed by atoms with Crippen LogP contribution >= 0.6 is 23.2 Å². The van der Waals surface area contributed by atoms with E-state index in [9.17, 15) is 4.79 Å². The molecule has 1 aromatic heterocycles. The number of benzene rings is 2. The highest BCUT2D eigenvalue weighted by atomic mass is 35.5. The SMILES string of the molecule is CNc1ccc(Cl)nc1C(=O)N(CCc1ccc(Cl)cc1)Cc1ccc(C2CCC2)cc1. The Labute approximate surface area is 199 Å². The maximum absolute atomic E-state index is 13.5. The maximum Gasteiger partial charge on any atom is 0.274 e. The van der Waals surface area contributed by atoms with Gasteiger partial charge in [-0.1, -0.05) is 66.0 Å². The van der Waals surface area contributed by atoms with Gasteiger partial charge >= 0.3 is 0 Å². The van der Waals surface area contributed by atoms with Gasteiger partial charge in [-0.3, -0.25) is 4.79 Å². The van der Waals surface area contributed by atoms with Crippen LogP contribution in [-0.2, 0) is 13.0 Å². The number of nitrogens with one attached hydrogen (secondary N) is 1. The molecule has 1 heterocycles. The summed E-state index contributed by atoms with van der Waals surface area (Å²) < 4.78 is 0. The number of nitrogens with zero attached hydrogens (tertiary/aromatic N) is 2. The molecular weight excluding hydrogens is 441 g/mol. The van der Waals surface area contributed by atoms with Gasteiger partial charge in [0.25, 0.3) is 5.91 Å². The zero-order valence-corrected chi connectivity index (χ0v) is 19.7. The van der Waals surface area contributed by atoms with E-state index in [0.717, 1.165) is 17.5 Å². The van der Waals surface area contributed by atoms with Crippen LogP contribution in [0, 0.1) is 0 Å². The highest BCUT2D eigenvalue weighted by Gasteiger charge is 2.22. The third-order valence-electron chi connectivity index (χ3n) is 6.13. The van der Waals surface area contributed by atoms with Crippen LogP contribution in [0.1, 0.15) is 52.4 Å². The fraction of sp³-hybridized carbons (Fsp3) is 0.308. The number of carbonyl (C=O) groups is 1. The standard InChI is InChI=1S/C26H27Cl2N3O/c1-29-23-13-14-24(28)30-25(23)26(32)31(16-15-18-7-11-22(27)12-8-18)17-19-5-9-21(10-6-19)20-3-2-4-20/h5-14,20,29H,2-4,15-17H2,1H3. The Bertz CT molecular complexity index is 1060. The molecule has 1 N–H and O–H groups in total. The molecule has 3 aromatic rings. The summed E-state index contributed by atoms with van der Waals surface area (Å²) in [6.07, 6.45) is 4.59. The average Bonchev–Trinajstić information content (AvgIpc) is 2.77. The first-order valence-corrected chi connectivity index (χ1v) is 11.8. The maximum atomic E-state index is 13.5. The van der Waals surface area contributed by atoms with Gasteiger partial charge in [-0.15, -0.1) is 0 Å². The van der Waals surface area contributed by atoms with Crippen molar-refractivity contribution in [2.24, 2.45) is 0 Å². The number of hydrogen-bond acceptors (Lipinski definition) is 3. The number of halogens is 2. The van der Waals surface area contributed by atoms with Crippen LogP contribution in [0.3, 0.4) is 0 Å². The predicted octanol–water partition coefficient (Wildman–Crippen LogP) is 6.58. The van der Waals surface area contributed by atoms with Crippen molar-refractivity contribution in [2.75, 3.05) is 18.9 Å². The molecule has 0 aliphatic heterocycles. The largest absolute Gasteiger partial charge is 0.386 e. The van der Waals surface area contributed by atoms with Crippen LogP contribution in [0.25, 0.3) is 0 Å². The van der Waals surface area contributed by atoms with E-state index < -0.39 is 0 Å². The fourth-order valence-corrected chi connectivity index (χ4v) is 4.25. The molecule has 4 rings (SSSR count). The Morgan fingerprint density at radius 1 is 1.00 bits per heavy atom. The highest BCUT2D eigenvalue weighted by Crippen LogP contribution is 2.36. The lowest BCUT2D eigenvalue weighted by molar-refractivity contribution is 0.0740. The lowest BCUT2D eigenvalue weighted by atomic mass is 9.80. The van der Waals surface area contributed by atoms with Crippen LogP contribution in [0.2, 0.25) is 10.2 Å². The van der Waals surface area contributed by atoms with Crippen molar-refractivity contribution in [3.8, 4) is 0 Å². The van der Waals surface area contributed by atoms with Crippen LogP contribution in [0.5, 0.6) is 0 Å². The normalized spacial score (nSPS) is 13.5. The van der Waals surface area contributed by atoms with E-state index >= 15 is 0 Å². The summed E-state index contributed by atoms with van der Waals surface area (Å²) in [4.78, 5) is 19.7. The lowest BCUT2D eigenvalue weighted by Gasteiger charge is -2.27. The second-order valence-electron chi connectivity index (χ2n) is 8.25. The van der Waals surface area contributed by atoms with Crippen molar-refractivity contribution in [1.29, 1.82) is 0 Å². The van der Waals surface area contributed by atoms with Crippen molar-refractivity contribution < 1.29 is 4.79 Å². The van der Waals surface area contributed by atoms with Gasteiger partial charge in [-0.05, 0) is 66.1 Å². The van der Waals surface area contributed by atoms with E-state index in [4.69, 9.17) is 23.2 Å². The van der Waals surface area contributed by atoms with Crippen LogP contribution < -0.4 is 5.32 Å². The lowest BCUT2D eigenvalue weighted by Crippen LogP contribution is -2.33. The summed E-state index contributed by atoms with van der Waals surface area (Å²) in [5.74, 6) is 0.550. The van der Waals surface area contributed by atoms with E-state index in [0.29, 0.717) is 40.6 Å². The van der Waals surface area contributed by atoms with Gasteiger partial charge in [-0.25, -0.2) is 4.98 Å². The summed E-state index contributed by atoms with van der Waals surface area (Å²) >= 11 is 12.1. The van der Waals surface area contributed by atoms with Gasteiger partial charge in [0.15, 0.2) is 5.69 Å². The van der Waals surface area contributed by atoms with Crippen LogP contribution in [-0.4, -0.2) is 29.4 Å².